The topological polar surface area (TPSA) is 48.3 Å². The molecule has 0 fully saturated rings. The van der Waals surface area contributed by atoms with Gasteiger partial charge in [-0.1, -0.05) is 19.1 Å². The van der Waals surface area contributed by atoms with E-state index in [0.29, 0.717) is 0 Å². The molecular weight excluding hydrogens is 362 g/mol. The minimum Gasteiger partial charge on any atom is -0.497 e. The standard InChI is InChI=1S/C24H25N3O2/c1-3-14-29-22-9-4-18(5-10-22)16-25-19-6-13-24-23(15-19)26-17-27(24)20-7-11-21(28-2)12-8-20/h4-13,15,17,25H,3,14,16H2,1-2H3. The van der Waals surface area contributed by atoms with Crippen LogP contribution in [0, 0.1) is 0 Å². The molecule has 3 aromatic carbocycles. The number of rotatable bonds is 8. The number of hydrogen-bond acceptors (Lipinski definition) is 4. The van der Waals surface area contributed by atoms with Crippen molar-refractivity contribution in [1.29, 1.82) is 0 Å². The molecule has 0 atom stereocenters. The molecule has 0 amide bonds. The minimum absolute atomic E-state index is 0.749. The van der Waals surface area contributed by atoms with E-state index in [1.54, 1.807) is 7.11 Å². The molecule has 1 aromatic heterocycles. The molecule has 29 heavy (non-hydrogen) atoms. The number of fused-ring (bicyclic) bond motifs is 1. The monoisotopic (exact) mass is 387 g/mol. The molecule has 4 rings (SSSR count). The van der Waals surface area contributed by atoms with E-state index in [4.69, 9.17) is 9.47 Å². The van der Waals surface area contributed by atoms with Crippen molar-refractivity contribution >= 4 is 16.7 Å². The number of nitrogens with zero attached hydrogens (tertiary/aromatic N) is 2. The van der Waals surface area contributed by atoms with Crippen LogP contribution in [0.3, 0.4) is 0 Å². The maximum atomic E-state index is 5.63. The molecule has 0 aliphatic carbocycles. The Morgan fingerprint density at radius 1 is 0.931 bits per heavy atom. The molecule has 1 N–H and O–H groups in total. The molecule has 0 aliphatic rings. The zero-order valence-corrected chi connectivity index (χ0v) is 16.8. The SMILES string of the molecule is CCCOc1ccc(CNc2ccc3c(c2)ncn3-c2ccc(OC)cc2)cc1. The number of anilines is 1. The van der Waals surface area contributed by atoms with Crippen LogP contribution in [0.25, 0.3) is 16.7 Å². The summed E-state index contributed by atoms with van der Waals surface area (Å²) in [7, 11) is 1.67. The van der Waals surface area contributed by atoms with E-state index >= 15 is 0 Å². The molecule has 0 saturated carbocycles. The van der Waals surface area contributed by atoms with E-state index in [1.165, 1.54) is 5.56 Å². The maximum Gasteiger partial charge on any atom is 0.119 e. The van der Waals surface area contributed by atoms with Gasteiger partial charge in [-0.2, -0.15) is 0 Å². The van der Waals surface area contributed by atoms with E-state index in [1.807, 2.05) is 42.7 Å². The number of methoxy groups -OCH3 is 1. The van der Waals surface area contributed by atoms with Crippen molar-refractivity contribution in [3.05, 3.63) is 78.6 Å². The maximum absolute atomic E-state index is 5.63. The van der Waals surface area contributed by atoms with Gasteiger partial charge in [-0.15, -0.1) is 0 Å². The molecule has 4 aromatic rings. The van der Waals surface area contributed by atoms with Crippen LogP contribution in [-0.2, 0) is 6.54 Å². The highest BCUT2D eigenvalue weighted by atomic mass is 16.5. The molecule has 0 radical (unpaired) electrons. The first-order valence-electron chi connectivity index (χ1n) is 9.84. The summed E-state index contributed by atoms with van der Waals surface area (Å²) in [5.74, 6) is 1.76. The lowest BCUT2D eigenvalue weighted by molar-refractivity contribution is 0.317. The summed E-state index contributed by atoms with van der Waals surface area (Å²) < 4.78 is 12.9. The zero-order valence-electron chi connectivity index (χ0n) is 16.8. The first kappa shape index (κ1) is 18.9. The Bertz CT molecular complexity index is 1070. The van der Waals surface area contributed by atoms with Crippen molar-refractivity contribution in [2.24, 2.45) is 0 Å². The van der Waals surface area contributed by atoms with Crippen molar-refractivity contribution in [3.63, 3.8) is 0 Å². The fourth-order valence-electron chi connectivity index (χ4n) is 3.20. The molecule has 0 unspecified atom stereocenters. The van der Waals surface area contributed by atoms with Crippen molar-refractivity contribution in [2.45, 2.75) is 19.9 Å². The van der Waals surface area contributed by atoms with E-state index in [-0.39, 0.29) is 0 Å². The number of nitrogens with one attached hydrogen (secondary N) is 1. The van der Waals surface area contributed by atoms with Gasteiger partial charge in [0, 0.05) is 17.9 Å². The summed E-state index contributed by atoms with van der Waals surface area (Å²) in [5.41, 5.74) is 5.33. The summed E-state index contributed by atoms with van der Waals surface area (Å²) in [6, 6.07) is 22.4. The van der Waals surface area contributed by atoms with Crippen LogP contribution >= 0.6 is 0 Å². The third-order valence-corrected chi connectivity index (χ3v) is 4.79. The van der Waals surface area contributed by atoms with Crippen LogP contribution in [0.4, 0.5) is 5.69 Å². The van der Waals surface area contributed by atoms with Crippen LogP contribution in [0.15, 0.2) is 73.1 Å². The molecule has 0 spiro atoms. The van der Waals surface area contributed by atoms with Crippen LogP contribution < -0.4 is 14.8 Å². The number of aromatic nitrogens is 2. The zero-order chi connectivity index (χ0) is 20.1. The Morgan fingerprint density at radius 3 is 2.41 bits per heavy atom. The summed E-state index contributed by atoms with van der Waals surface area (Å²) in [6.45, 7) is 3.61. The van der Waals surface area contributed by atoms with Gasteiger partial charge in [0.15, 0.2) is 0 Å². The molecule has 1 heterocycles. The smallest absolute Gasteiger partial charge is 0.119 e. The van der Waals surface area contributed by atoms with Gasteiger partial charge in [-0.05, 0) is 66.6 Å². The first-order chi connectivity index (χ1) is 14.3. The Morgan fingerprint density at radius 2 is 1.69 bits per heavy atom. The lowest BCUT2D eigenvalue weighted by Gasteiger charge is -2.09. The molecular formula is C24H25N3O2. The molecule has 148 valence electrons. The van der Waals surface area contributed by atoms with E-state index in [9.17, 15) is 0 Å². The Labute approximate surface area is 170 Å². The lowest BCUT2D eigenvalue weighted by Crippen LogP contribution is -2.00. The number of benzene rings is 3. The van der Waals surface area contributed by atoms with Crippen molar-refractivity contribution in [2.75, 3.05) is 19.0 Å². The Kier molecular flexibility index (Phi) is 5.66. The van der Waals surface area contributed by atoms with Crippen molar-refractivity contribution < 1.29 is 9.47 Å². The Hall–Kier alpha value is -3.47. The van der Waals surface area contributed by atoms with Gasteiger partial charge in [0.2, 0.25) is 0 Å². The molecule has 0 bridgehead atoms. The van der Waals surface area contributed by atoms with Gasteiger partial charge in [-0.3, -0.25) is 4.57 Å². The predicted molar refractivity (Wildman–Crippen MR) is 117 cm³/mol. The number of ether oxygens (including phenoxy) is 2. The van der Waals surface area contributed by atoms with E-state index in [2.05, 4.69) is 52.1 Å². The van der Waals surface area contributed by atoms with Gasteiger partial charge in [-0.25, -0.2) is 4.98 Å². The van der Waals surface area contributed by atoms with Gasteiger partial charge in [0.1, 0.15) is 17.8 Å². The molecule has 5 nitrogen and oxygen atoms in total. The molecule has 5 heteroatoms. The van der Waals surface area contributed by atoms with Crippen LogP contribution in [0.2, 0.25) is 0 Å². The number of hydrogen-bond donors (Lipinski definition) is 1. The first-order valence-corrected chi connectivity index (χ1v) is 9.84. The second-order valence-corrected chi connectivity index (χ2v) is 6.86. The summed E-state index contributed by atoms with van der Waals surface area (Å²) in [5, 5.41) is 3.47. The quantitative estimate of drug-likeness (QED) is 0.438. The van der Waals surface area contributed by atoms with Gasteiger partial charge in [0.25, 0.3) is 0 Å². The van der Waals surface area contributed by atoms with E-state index in [0.717, 1.165) is 53.5 Å². The van der Waals surface area contributed by atoms with E-state index < -0.39 is 0 Å². The highest BCUT2D eigenvalue weighted by molar-refractivity contribution is 5.81. The van der Waals surface area contributed by atoms with Crippen molar-refractivity contribution in [3.8, 4) is 17.2 Å². The second kappa shape index (κ2) is 8.69. The highest BCUT2D eigenvalue weighted by Gasteiger charge is 2.06. The van der Waals surface area contributed by atoms with Gasteiger partial charge >= 0.3 is 0 Å². The average molecular weight is 387 g/mol. The predicted octanol–water partition coefficient (Wildman–Crippen LogP) is 5.44. The Balaban J connectivity index is 1.45. The van der Waals surface area contributed by atoms with Crippen LogP contribution in [-0.4, -0.2) is 23.3 Å². The van der Waals surface area contributed by atoms with Crippen molar-refractivity contribution in [1.82, 2.24) is 9.55 Å². The van der Waals surface area contributed by atoms with Crippen LogP contribution in [0.5, 0.6) is 11.5 Å². The normalized spacial score (nSPS) is 10.8. The molecule has 0 saturated heterocycles. The summed E-state index contributed by atoms with van der Waals surface area (Å²) >= 11 is 0. The lowest BCUT2D eigenvalue weighted by atomic mass is 10.2. The van der Waals surface area contributed by atoms with Gasteiger partial charge < -0.3 is 14.8 Å². The third-order valence-electron chi connectivity index (χ3n) is 4.79. The number of imidazole rings is 1. The fourth-order valence-corrected chi connectivity index (χ4v) is 3.20. The minimum atomic E-state index is 0.749. The van der Waals surface area contributed by atoms with Gasteiger partial charge in [0.05, 0.1) is 24.8 Å². The highest BCUT2D eigenvalue weighted by Crippen LogP contribution is 2.23. The fraction of sp³-hybridized carbons (Fsp3) is 0.208. The third kappa shape index (κ3) is 4.35. The summed E-state index contributed by atoms with van der Waals surface area (Å²) in [6.07, 6.45) is 2.87. The largest absolute Gasteiger partial charge is 0.497 e. The summed E-state index contributed by atoms with van der Waals surface area (Å²) in [4.78, 5) is 4.57. The average Bonchev–Trinajstić information content (AvgIpc) is 3.20. The molecule has 0 aliphatic heterocycles. The second-order valence-electron chi connectivity index (χ2n) is 6.86. The van der Waals surface area contributed by atoms with Crippen LogP contribution in [0.1, 0.15) is 18.9 Å².